The number of ether oxygens (including phenoxy) is 1. The quantitative estimate of drug-likeness (QED) is 0.247. The summed E-state index contributed by atoms with van der Waals surface area (Å²) in [5.41, 5.74) is 1.01. The van der Waals surface area contributed by atoms with Gasteiger partial charge in [-0.15, -0.1) is 13.2 Å². The van der Waals surface area contributed by atoms with Gasteiger partial charge in [-0.2, -0.15) is 13.2 Å². The minimum atomic E-state index is -4.89. The fourth-order valence-corrected chi connectivity index (χ4v) is 3.89. The van der Waals surface area contributed by atoms with Crippen LogP contribution in [0, 0.1) is 0 Å². The molecule has 37 heavy (non-hydrogen) atoms. The number of carboxylic acid groups (broad SMARTS) is 1. The van der Waals surface area contributed by atoms with E-state index >= 15 is 0 Å². The highest BCUT2D eigenvalue weighted by Crippen LogP contribution is 2.41. The van der Waals surface area contributed by atoms with E-state index in [0.717, 1.165) is 16.7 Å². The van der Waals surface area contributed by atoms with Crippen molar-refractivity contribution in [1.82, 2.24) is 9.55 Å². The number of anilines is 2. The Bertz CT molecular complexity index is 1380. The van der Waals surface area contributed by atoms with Crippen molar-refractivity contribution < 1.29 is 41.0 Å². The number of nitrogens with zero attached hydrogens (tertiary/aromatic N) is 2. The highest BCUT2D eigenvalue weighted by atomic mass is 19.4. The lowest BCUT2D eigenvalue weighted by Crippen LogP contribution is -2.28. The van der Waals surface area contributed by atoms with Crippen molar-refractivity contribution in [2.75, 3.05) is 5.32 Å². The zero-order chi connectivity index (χ0) is 26.8. The number of alkyl halides is 6. The molecule has 0 spiro atoms. The molecule has 1 unspecified atom stereocenters. The Labute approximate surface area is 206 Å². The number of benzene rings is 3. The predicted molar refractivity (Wildman–Crippen MR) is 123 cm³/mol. The van der Waals surface area contributed by atoms with Gasteiger partial charge in [-0.05, 0) is 53.9 Å². The monoisotopic (exact) mass is 523 g/mol. The molecule has 0 amide bonds. The van der Waals surface area contributed by atoms with Gasteiger partial charge in [0.05, 0.1) is 11.0 Å². The van der Waals surface area contributed by atoms with E-state index in [9.17, 15) is 31.1 Å². The highest BCUT2D eigenvalue weighted by molar-refractivity contribution is 5.81. The van der Waals surface area contributed by atoms with Crippen LogP contribution in [0.5, 0.6) is 5.75 Å². The number of nitrogens with one attached hydrogen (secondary N) is 1. The maximum Gasteiger partial charge on any atom is 0.573 e. The third-order valence-electron chi connectivity index (χ3n) is 5.41. The lowest BCUT2D eigenvalue weighted by molar-refractivity contribution is -0.274. The van der Waals surface area contributed by atoms with Crippen LogP contribution in [0.25, 0.3) is 11.0 Å². The van der Waals surface area contributed by atoms with Gasteiger partial charge in [0, 0.05) is 12.1 Å². The third kappa shape index (κ3) is 6.32. The van der Waals surface area contributed by atoms with Crippen LogP contribution in [0.3, 0.4) is 0 Å². The summed E-state index contributed by atoms with van der Waals surface area (Å²) in [6.45, 7) is 0. The van der Waals surface area contributed by atoms with Crippen LogP contribution < -0.4 is 10.1 Å². The Balaban J connectivity index is 1.81. The van der Waals surface area contributed by atoms with Gasteiger partial charge in [0.2, 0.25) is 5.95 Å². The third-order valence-corrected chi connectivity index (χ3v) is 5.41. The van der Waals surface area contributed by atoms with E-state index in [4.69, 9.17) is 5.11 Å². The summed E-state index contributed by atoms with van der Waals surface area (Å²) in [4.78, 5) is 15.3. The number of hydrogen-bond acceptors (Lipinski definition) is 4. The summed E-state index contributed by atoms with van der Waals surface area (Å²) < 4.78 is 85.5. The second kappa shape index (κ2) is 10.0. The SMILES string of the molecule is O=C(O)CCc1ccc2c(c1)nc(Nc1ccc(OC(F)(F)F)cc1)n2C(c1ccccc1)C(F)(F)F. The van der Waals surface area contributed by atoms with Crippen LogP contribution in [0.1, 0.15) is 23.6 Å². The molecule has 194 valence electrons. The first-order valence-electron chi connectivity index (χ1n) is 10.9. The van der Waals surface area contributed by atoms with Crippen LogP contribution in [-0.2, 0) is 11.2 Å². The number of fused-ring (bicyclic) bond motifs is 1. The van der Waals surface area contributed by atoms with Crippen molar-refractivity contribution in [2.45, 2.75) is 31.4 Å². The van der Waals surface area contributed by atoms with Crippen molar-refractivity contribution in [3.05, 3.63) is 83.9 Å². The molecule has 0 radical (unpaired) electrons. The zero-order valence-corrected chi connectivity index (χ0v) is 18.8. The highest BCUT2D eigenvalue weighted by Gasteiger charge is 2.44. The van der Waals surface area contributed by atoms with E-state index in [0.29, 0.717) is 5.56 Å². The first kappa shape index (κ1) is 25.9. The molecule has 1 aromatic heterocycles. The number of aliphatic carboxylic acids is 1. The van der Waals surface area contributed by atoms with E-state index in [1.807, 2.05) is 0 Å². The molecule has 4 aromatic rings. The van der Waals surface area contributed by atoms with Crippen molar-refractivity contribution in [3.8, 4) is 5.75 Å². The average Bonchev–Trinajstić information content (AvgIpc) is 3.14. The number of hydrogen-bond donors (Lipinski definition) is 2. The van der Waals surface area contributed by atoms with Crippen molar-refractivity contribution in [2.24, 2.45) is 0 Å². The fourth-order valence-electron chi connectivity index (χ4n) is 3.89. The van der Waals surface area contributed by atoms with E-state index in [2.05, 4.69) is 15.0 Å². The van der Waals surface area contributed by atoms with Crippen molar-refractivity contribution >= 4 is 28.6 Å². The van der Waals surface area contributed by atoms with E-state index in [-0.39, 0.29) is 41.1 Å². The molecule has 0 bridgehead atoms. The molecule has 0 aliphatic heterocycles. The van der Waals surface area contributed by atoms with Gasteiger partial charge >= 0.3 is 18.5 Å². The summed E-state index contributed by atoms with van der Waals surface area (Å²) >= 11 is 0. The Kier molecular flexibility index (Phi) is 7.01. The molecule has 3 aromatic carbocycles. The fraction of sp³-hybridized carbons (Fsp3) is 0.200. The second-order valence-corrected chi connectivity index (χ2v) is 8.07. The average molecular weight is 523 g/mol. The molecule has 12 heteroatoms. The Morgan fingerprint density at radius 2 is 1.65 bits per heavy atom. The summed E-state index contributed by atoms with van der Waals surface area (Å²) in [5.74, 6) is -1.72. The topological polar surface area (TPSA) is 76.4 Å². The van der Waals surface area contributed by atoms with Crippen LogP contribution in [0.15, 0.2) is 72.8 Å². The van der Waals surface area contributed by atoms with Crippen LogP contribution in [0.4, 0.5) is 38.0 Å². The smallest absolute Gasteiger partial charge is 0.481 e. The summed E-state index contributed by atoms with van der Waals surface area (Å²) in [6, 6.07) is 14.0. The van der Waals surface area contributed by atoms with Crippen LogP contribution in [-0.4, -0.2) is 33.2 Å². The van der Waals surface area contributed by atoms with Gasteiger partial charge in [-0.3, -0.25) is 9.36 Å². The maximum absolute atomic E-state index is 14.5. The van der Waals surface area contributed by atoms with E-state index < -0.39 is 30.3 Å². The molecular weight excluding hydrogens is 504 g/mol. The lowest BCUT2D eigenvalue weighted by atomic mass is 10.1. The molecule has 1 heterocycles. The molecule has 0 saturated carbocycles. The minimum absolute atomic E-state index is 0.0544. The molecular formula is C25H19F6N3O3. The number of carboxylic acids is 1. The van der Waals surface area contributed by atoms with Gasteiger partial charge < -0.3 is 15.2 Å². The number of imidazole rings is 1. The number of aryl methyl sites for hydroxylation is 1. The Morgan fingerprint density at radius 3 is 2.24 bits per heavy atom. The first-order valence-corrected chi connectivity index (χ1v) is 10.9. The second-order valence-electron chi connectivity index (χ2n) is 8.07. The molecule has 0 aliphatic carbocycles. The number of halogens is 6. The van der Waals surface area contributed by atoms with Crippen LogP contribution >= 0.6 is 0 Å². The van der Waals surface area contributed by atoms with E-state index in [1.165, 1.54) is 54.6 Å². The van der Waals surface area contributed by atoms with Gasteiger partial charge in [-0.1, -0.05) is 36.4 Å². The summed E-state index contributed by atoms with van der Waals surface area (Å²) in [6.07, 6.45) is -9.64. The maximum atomic E-state index is 14.5. The van der Waals surface area contributed by atoms with Crippen molar-refractivity contribution in [1.29, 1.82) is 0 Å². The van der Waals surface area contributed by atoms with Gasteiger partial charge in [-0.25, -0.2) is 4.98 Å². The molecule has 0 fully saturated rings. The predicted octanol–water partition coefficient (Wildman–Crippen LogP) is 6.85. The Morgan fingerprint density at radius 1 is 0.973 bits per heavy atom. The number of rotatable bonds is 8. The number of aromatic nitrogens is 2. The number of carbonyl (C=O) groups is 1. The van der Waals surface area contributed by atoms with Gasteiger partial charge in [0.15, 0.2) is 6.04 Å². The first-order chi connectivity index (χ1) is 17.4. The molecule has 1 atom stereocenters. The van der Waals surface area contributed by atoms with Crippen LogP contribution in [0.2, 0.25) is 0 Å². The van der Waals surface area contributed by atoms with Gasteiger partial charge in [0.1, 0.15) is 5.75 Å². The molecule has 0 saturated heterocycles. The van der Waals surface area contributed by atoms with Crippen molar-refractivity contribution in [3.63, 3.8) is 0 Å². The molecule has 2 N–H and O–H groups in total. The molecule has 6 nitrogen and oxygen atoms in total. The van der Waals surface area contributed by atoms with Gasteiger partial charge in [0.25, 0.3) is 0 Å². The summed E-state index contributed by atoms with van der Waals surface area (Å²) in [7, 11) is 0. The van der Waals surface area contributed by atoms with E-state index in [1.54, 1.807) is 6.07 Å². The molecule has 4 rings (SSSR count). The molecule has 0 aliphatic rings. The zero-order valence-electron chi connectivity index (χ0n) is 18.8. The normalized spacial score (nSPS) is 12.9. The Hall–Kier alpha value is -4.22. The lowest BCUT2D eigenvalue weighted by Gasteiger charge is -2.25. The largest absolute Gasteiger partial charge is 0.573 e. The standard InChI is InChI=1S/C25H19F6N3O3/c26-24(27,28)22(16-4-2-1-3-5-16)34-20-12-6-15(7-13-21(35)36)14-19(20)33-23(34)32-17-8-10-18(11-9-17)37-25(29,30)31/h1-6,8-12,14,22H,7,13H2,(H,32,33)(H,35,36). The minimum Gasteiger partial charge on any atom is -0.481 e. The summed E-state index contributed by atoms with van der Waals surface area (Å²) in [5, 5.41) is 11.7.